The van der Waals surface area contributed by atoms with Crippen LogP contribution in [-0.4, -0.2) is 55.5 Å². The Labute approximate surface area is 131 Å². The number of alkyl halides is 1. The summed E-state index contributed by atoms with van der Waals surface area (Å²) in [5.74, 6) is 0.986. The van der Waals surface area contributed by atoms with Gasteiger partial charge in [-0.25, -0.2) is 0 Å². The molecule has 21 heavy (non-hydrogen) atoms. The van der Waals surface area contributed by atoms with Crippen molar-refractivity contribution in [2.24, 2.45) is 0 Å². The van der Waals surface area contributed by atoms with Crippen molar-refractivity contribution in [2.75, 3.05) is 39.8 Å². The number of rotatable bonds is 4. The maximum Gasteiger partial charge on any atom is 0.219 e. The molecule has 5 heteroatoms. The number of halogens is 1. The third-order valence-corrected chi connectivity index (χ3v) is 4.33. The van der Waals surface area contributed by atoms with E-state index in [1.807, 2.05) is 17.0 Å². The number of ether oxygens (including phenoxy) is 1. The van der Waals surface area contributed by atoms with Crippen LogP contribution in [0.2, 0.25) is 0 Å². The van der Waals surface area contributed by atoms with Gasteiger partial charge in [-0.2, -0.15) is 0 Å². The molecule has 1 aromatic carbocycles. The van der Waals surface area contributed by atoms with E-state index in [4.69, 9.17) is 16.3 Å². The quantitative estimate of drug-likeness (QED) is 0.801. The lowest BCUT2D eigenvalue weighted by molar-refractivity contribution is -0.130. The maximum absolute atomic E-state index is 11.3. The van der Waals surface area contributed by atoms with Crippen molar-refractivity contribution in [1.29, 1.82) is 0 Å². The molecule has 0 N–H and O–H groups in total. The molecular formula is C16H23ClN2O2. The molecular weight excluding hydrogens is 288 g/mol. The molecule has 0 bridgehead atoms. The fourth-order valence-electron chi connectivity index (χ4n) is 2.67. The maximum atomic E-state index is 11.3. The van der Waals surface area contributed by atoms with Crippen LogP contribution in [0.4, 0.5) is 0 Å². The van der Waals surface area contributed by atoms with Gasteiger partial charge in [-0.05, 0) is 13.0 Å². The second-order valence-electron chi connectivity index (χ2n) is 5.52. The van der Waals surface area contributed by atoms with Gasteiger partial charge in [-0.3, -0.25) is 9.69 Å². The van der Waals surface area contributed by atoms with Crippen LogP contribution in [0.3, 0.4) is 0 Å². The lowest BCUT2D eigenvalue weighted by atomic mass is 10.1. The number of methoxy groups -OCH3 is 1. The van der Waals surface area contributed by atoms with Crippen molar-refractivity contribution in [3.05, 3.63) is 29.3 Å². The van der Waals surface area contributed by atoms with Crippen molar-refractivity contribution in [3.8, 4) is 5.75 Å². The largest absolute Gasteiger partial charge is 0.496 e. The van der Waals surface area contributed by atoms with Crippen LogP contribution in [0.1, 0.15) is 23.4 Å². The summed E-state index contributed by atoms with van der Waals surface area (Å²) < 4.78 is 5.40. The van der Waals surface area contributed by atoms with E-state index in [-0.39, 0.29) is 11.3 Å². The number of piperazine rings is 1. The van der Waals surface area contributed by atoms with Gasteiger partial charge < -0.3 is 9.64 Å². The highest BCUT2D eigenvalue weighted by atomic mass is 35.5. The van der Waals surface area contributed by atoms with E-state index in [1.54, 1.807) is 14.0 Å². The topological polar surface area (TPSA) is 32.8 Å². The Bertz CT molecular complexity index is 499. The molecule has 0 aliphatic carbocycles. The molecule has 0 radical (unpaired) electrons. The van der Waals surface area contributed by atoms with Gasteiger partial charge in [0.2, 0.25) is 5.91 Å². The molecule has 1 aliphatic rings. The number of benzene rings is 1. The summed E-state index contributed by atoms with van der Waals surface area (Å²) in [4.78, 5) is 15.5. The summed E-state index contributed by atoms with van der Waals surface area (Å²) in [6.07, 6.45) is 0. The molecule has 0 aromatic heterocycles. The Morgan fingerprint density at radius 1 is 1.33 bits per heavy atom. The zero-order chi connectivity index (χ0) is 15.4. The number of hydrogen-bond acceptors (Lipinski definition) is 3. The van der Waals surface area contributed by atoms with E-state index in [2.05, 4.69) is 17.9 Å². The summed E-state index contributed by atoms with van der Waals surface area (Å²) >= 11 is 6.59. The van der Waals surface area contributed by atoms with E-state index in [9.17, 15) is 4.79 Å². The van der Waals surface area contributed by atoms with Gasteiger partial charge in [0, 0.05) is 45.2 Å². The first-order valence-corrected chi connectivity index (χ1v) is 7.71. The van der Waals surface area contributed by atoms with Crippen molar-refractivity contribution in [1.82, 2.24) is 9.80 Å². The smallest absolute Gasteiger partial charge is 0.219 e. The van der Waals surface area contributed by atoms with Crippen molar-refractivity contribution >= 4 is 17.5 Å². The van der Waals surface area contributed by atoms with Crippen molar-refractivity contribution in [2.45, 2.75) is 19.2 Å². The van der Waals surface area contributed by atoms with Crippen LogP contribution in [-0.2, 0) is 4.79 Å². The minimum Gasteiger partial charge on any atom is -0.496 e. The number of nitrogens with zero attached hydrogens (tertiary/aromatic N) is 2. The molecule has 1 amide bonds. The highest BCUT2D eigenvalue weighted by molar-refractivity contribution is 6.21. The predicted octanol–water partition coefficient (Wildman–Crippen LogP) is 2.45. The van der Waals surface area contributed by atoms with Gasteiger partial charge in [0.05, 0.1) is 12.5 Å². The number of hydrogen-bond donors (Lipinski definition) is 0. The highest BCUT2D eigenvalue weighted by Gasteiger charge is 2.22. The summed E-state index contributed by atoms with van der Waals surface area (Å²) in [5.41, 5.74) is 2.21. The normalized spacial score (nSPS) is 17.6. The third-order valence-electron chi connectivity index (χ3n) is 3.96. The monoisotopic (exact) mass is 310 g/mol. The van der Waals surface area contributed by atoms with Gasteiger partial charge in [0.15, 0.2) is 0 Å². The second kappa shape index (κ2) is 7.14. The van der Waals surface area contributed by atoms with E-state index >= 15 is 0 Å². The van der Waals surface area contributed by atoms with Crippen molar-refractivity contribution < 1.29 is 9.53 Å². The second-order valence-corrected chi connectivity index (χ2v) is 6.05. The average molecular weight is 311 g/mol. The molecule has 0 spiro atoms. The van der Waals surface area contributed by atoms with Crippen LogP contribution in [0.25, 0.3) is 0 Å². The number of amides is 1. The third kappa shape index (κ3) is 4.11. The molecule has 1 saturated heterocycles. The molecule has 116 valence electrons. The van der Waals surface area contributed by atoms with Gasteiger partial charge in [-0.1, -0.05) is 17.7 Å². The average Bonchev–Trinajstić information content (AvgIpc) is 2.47. The Kier molecular flexibility index (Phi) is 5.48. The number of carbonyl (C=O) groups is 1. The molecule has 1 aromatic rings. The molecule has 1 atom stereocenters. The van der Waals surface area contributed by atoms with Gasteiger partial charge >= 0.3 is 0 Å². The van der Waals surface area contributed by atoms with Gasteiger partial charge in [0.1, 0.15) is 5.75 Å². The van der Waals surface area contributed by atoms with Crippen LogP contribution >= 0.6 is 11.6 Å². The lowest BCUT2D eigenvalue weighted by Crippen LogP contribution is -2.48. The van der Waals surface area contributed by atoms with E-state index in [1.165, 1.54) is 5.56 Å². The summed E-state index contributed by atoms with van der Waals surface area (Å²) in [6.45, 7) is 7.75. The number of carbonyl (C=O) groups excluding carboxylic acids is 1. The van der Waals surface area contributed by atoms with E-state index in [0.29, 0.717) is 0 Å². The first-order valence-electron chi connectivity index (χ1n) is 7.27. The molecule has 4 nitrogen and oxygen atoms in total. The van der Waals surface area contributed by atoms with Gasteiger partial charge in [0.25, 0.3) is 0 Å². The Hall–Kier alpha value is -1.26. The van der Waals surface area contributed by atoms with E-state index in [0.717, 1.165) is 44.0 Å². The molecule has 0 saturated carbocycles. The first kappa shape index (κ1) is 16.1. The first-order chi connectivity index (χ1) is 10.0. The zero-order valence-electron chi connectivity index (χ0n) is 12.9. The number of aryl methyl sites for hydroxylation is 1. The fraction of sp³-hybridized carbons (Fsp3) is 0.562. The molecule has 2 rings (SSSR count). The van der Waals surface area contributed by atoms with Crippen molar-refractivity contribution in [3.63, 3.8) is 0 Å². The fourth-order valence-corrected chi connectivity index (χ4v) is 3.03. The lowest BCUT2D eigenvalue weighted by Gasteiger charge is -2.35. The van der Waals surface area contributed by atoms with E-state index < -0.39 is 0 Å². The SMILES string of the molecule is COc1ccc(C)cc1C(Cl)CN1CCN(C(C)=O)CC1. The van der Waals surface area contributed by atoms with Crippen LogP contribution < -0.4 is 4.74 Å². The molecule has 1 fully saturated rings. The highest BCUT2D eigenvalue weighted by Crippen LogP contribution is 2.31. The summed E-state index contributed by atoms with van der Waals surface area (Å²) in [6, 6.07) is 6.08. The summed E-state index contributed by atoms with van der Waals surface area (Å²) in [7, 11) is 1.67. The predicted molar refractivity (Wildman–Crippen MR) is 85.0 cm³/mol. The van der Waals surface area contributed by atoms with Crippen LogP contribution in [0, 0.1) is 6.92 Å². The standard InChI is InChI=1S/C16H23ClN2O2/c1-12-4-5-16(21-3)14(10-12)15(17)11-18-6-8-19(9-7-18)13(2)20/h4-5,10,15H,6-9,11H2,1-3H3. The Morgan fingerprint density at radius 2 is 2.00 bits per heavy atom. The summed E-state index contributed by atoms with van der Waals surface area (Å²) in [5, 5.41) is -0.108. The molecule has 1 unspecified atom stereocenters. The zero-order valence-corrected chi connectivity index (χ0v) is 13.7. The minimum atomic E-state index is -0.108. The molecule has 1 heterocycles. The molecule has 1 aliphatic heterocycles. The van der Waals surface area contributed by atoms with Crippen LogP contribution in [0.15, 0.2) is 18.2 Å². The van der Waals surface area contributed by atoms with Crippen LogP contribution in [0.5, 0.6) is 5.75 Å². The Morgan fingerprint density at radius 3 is 2.57 bits per heavy atom. The van der Waals surface area contributed by atoms with Gasteiger partial charge in [-0.15, -0.1) is 11.6 Å². The minimum absolute atomic E-state index is 0.108. The Balaban J connectivity index is 1.98.